The van der Waals surface area contributed by atoms with E-state index in [1.54, 1.807) is 19.0 Å². The van der Waals surface area contributed by atoms with Crippen molar-refractivity contribution in [2.45, 2.75) is 56.6 Å². The summed E-state index contributed by atoms with van der Waals surface area (Å²) in [7, 11) is 6.40. The number of hydrogen-bond donors (Lipinski definition) is 6. The zero-order valence-electron chi connectivity index (χ0n) is 23.8. The molecule has 0 saturated carbocycles. The Morgan fingerprint density at radius 2 is 1.81 bits per heavy atom. The van der Waals surface area contributed by atoms with Gasteiger partial charge in [-0.3, -0.25) is 19.3 Å². The second kappa shape index (κ2) is 10.6. The van der Waals surface area contributed by atoms with Crippen molar-refractivity contribution in [2.24, 2.45) is 17.6 Å². The van der Waals surface area contributed by atoms with Gasteiger partial charge >= 0.3 is 6.18 Å². The Labute approximate surface area is 240 Å². The number of phenolic OH excluding ortho intramolecular Hbond substituents is 1. The van der Waals surface area contributed by atoms with Crippen molar-refractivity contribution in [2.75, 3.05) is 33.1 Å². The Balaban J connectivity index is 1.89. The van der Waals surface area contributed by atoms with Crippen LogP contribution in [0.25, 0.3) is 0 Å². The van der Waals surface area contributed by atoms with Crippen LogP contribution >= 0.6 is 0 Å². The number of aliphatic hydroxyl groups is 3. The van der Waals surface area contributed by atoms with E-state index >= 15 is 0 Å². The number of Topliss-reactive ketones (excluding diaryl/α,β-unsaturated/α-hetero) is 2. The number of alkyl halides is 3. The molecular weight excluding hydrogens is 561 g/mol. The van der Waals surface area contributed by atoms with Crippen LogP contribution in [0.4, 0.5) is 18.9 Å². The predicted molar refractivity (Wildman–Crippen MR) is 145 cm³/mol. The van der Waals surface area contributed by atoms with Crippen LogP contribution in [0.3, 0.4) is 0 Å². The van der Waals surface area contributed by atoms with E-state index in [0.717, 1.165) is 0 Å². The number of rotatable bonds is 7. The van der Waals surface area contributed by atoms with Gasteiger partial charge < -0.3 is 36.4 Å². The number of ketones is 2. The number of carbonyl (C=O) groups is 3. The van der Waals surface area contributed by atoms with Gasteiger partial charge in [0.2, 0.25) is 5.78 Å². The number of phenols is 1. The van der Waals surface area contributed by atoms with Crippen LogP contribution in [-0.2, 0) is 22.6 Å². The molecule has 0 bridgehead atoms. The highest BCUT2D eigenvalue weighted by molar-refractivity contribution is 6.24. The van der Waals surface area contributed by atoms with Gasteiger partial charge in [-0.25, -0.2) is 0 Å². The average Bonchev–Trinajstić information content (AvgIpc) is 2.86. The summed E-state index contributed by atoms with van der Waals surface area (Å²) in [5.41, 5.74) is 1.87. The number of anilines is 1. The summed E-state index contributed by atoms with van der Waals surface area (Å²) < 4.78 is 40.1. The molecular formula is C28H35F3N4O7. The third-order valence-corrected chi connectivity index (χ3v) is 8.60. The van der Waals surface area contributed by atoms with Crippen molar-refractivity contribution in [1.29, 1.82) is 0 Å². The fourth-order valence-corrected chi connectivity index (χ4v) is 6.61. The van der Waals surface area contributed by atoms with Gasteiger partial charge in [0.25, 0.3) is 5.91 Å². The minimum absolute atomic E-state index is 0.00437. The molecule has 0 fully saturated rings. The number of nitrogens with zero attached hydrogens (tertiary/aromatic N) is 2. The van der Waals surface area contributed by atoms with E-state index in [4.69, 9.17) is 5.73 Å². The number of aromatic hydroxyl groups is 1. The highest BCUT2D eigenvalue weighted by Crippen LogP contribution is 2.53. The van der Waals surface area contributed by atoms with Crippen LogP contribution in [0.5, 0.6) is 5.75 Å². The SMILES string of the molecule is CCC(NCc1cc(N(C)C)c2c(c1O)C(=O)C1=C(O)C3(O)C(=O)C(C(N)=O)=C(O)C(N(C)C)C3CC1C2)C(F)(F)F. The molecule has 14 heteroatoms. The third-order valence-electron chi connectivity index (χ3n) is 8.60. The van der Waals surface area contributed by atoms with Gasteiger partial charge in [0, 0.05) is 43.4 Å². The summed E-state index contributed by atoms with van der Waals surface area (Å²) in [5.74, 6) is -7.81. The number of nitrogens with two attached hydrogens (primary N) is 1. The first-order chi connectivity index (χ1) is 19.4. The minimum Gasteiger partial charge on any atom is -0.510 e. The standard InChI is InChI=1S/C28H35F3N4O7/c1-6-16(28(29,30)31)33-10-12-9-15(34(2)3)13-7-11-8-14-20(35(4)5)23(38)19(26(32)41)25(40)27(14,42)24(39)17(11)22(37)18(13)21(12)36/h9,11,14,16,20,33,36,38-39,42H,6-8,10H2,1-5H3,(H2,32,41). The number of primary amides is 1. The number of likely N-dealkylation sites (N-methyl/N-ethyl adjacent to an activating group) is 1. The number of benzene rings is 1. The van der Waals surface area contributed by atoms with Gasteiger partial charge in [-0.1, -0.05) is 6.92 Å². The average molecular weight is 597 g/mol. The molecule has 4 rings (SSSR count). The van der Waals surface area contributed by atoms with Gasteiger partial charge in [-0.2, -0.15) is 13.2 Å². The maximum absolute atomic E-state index is 14.0. The molecule has 5 unspecified atom stereocenters. The summed E-state index contributed by atoms with van der Waals surface area (Å²) in [4.78, 5) is 42.6. The number of allylic oxidation sites excluding steroid dienone is 1. The molecule has 0 saturated heterocycles. The normalized spacial score (nSPS) is 26.7. The lowest BCUT2D eigenvalue weighted by molar-refractivity contribution is -0.156. The second-order valence-electron chi connectivity index (χ2n) is 11.5. The summed E-state index contributed by atoms with van der Waals surface area (Å²) in [5, 5.41) is 47.6. The molecule has 3 aliphatic rings. The molecule has 5 atom stereocenters. The van der Waals surface area contributed by atoms with Crippen molar-refractivity contribution >= 4 is 23.2 Å². The van der Waals surface area contributed by atoms with Crippen molar-refractivity contribution in [1.82, 2.24) is 10.2 Å². The number of aliphatic hydroxyl groups excluding tert-OH is 2. The van der Waals surface area contributed by atoms with Gasteiger partial charge in [0.15, 0.2) is 11.4 Å². The molecule has 1 amide bonds. The van der Waals surface area contributed by atoms with Gasteiger partial charge in [-0.05, 0) is 50.9 Å². The summed E-state index contributed by atoms with van der Waals surface area (Å²) >= 11 is 0. The lowest BCUT2D eigenvalue weighted by Crippen LogP contribution is -2.63. The van der Waals surface area contributed by atoms with E-state index in [1.165, 1.54) is 32.0 Å². The quantitative estimate of drug-likeness (QED) is 0.254. The highest BCUT2D eigenvalue weighted by Gasteiger charge is 2.63. The molecule has 0 aliphatic heterocycles. The number of halogens is 3. The number of carbonyl (C=O) groups excluding carboxylic acids is 3. The minimum atomic E-state index is -4.54. The zero-order valence-corrected chi connectivity index (χ0v) is 23.8. The Morgan fingerprint density at radius 1 is 1.19 bits per heavy atom. The van der Waals surface area contributed by atoms with Gasteiger partial charge in [0.05, 0.1) is 11.6 Å². The molecule has 1 aromatic rings. The maximum Gasteiger partial charge on any atom is 0.403 e. The van der Waals surface area contributed by atoms with E-state index in [0.29, 0.717) is 11.3 Å². The Kier molecular flexibility index (Phi) is 7.89. The van der Waals surface area contributed by atoms with E-state index in [9.17, 15) is 48.0 Å². The van der Waals surface area contributed by atoms with Crippen LogP contribution < -0.4 is 16.0 Å². The van der Waals surface area contributed by atoms with Crippen LogP contribution in [0.1, 0.15) is 41.3 Å². The Morgan fingerprint density at radius 3 is 2.31 bits per heavy atom. The van der Waals surface area contributed by atoms with Crippen LogP contribution in [-0.4, -0.2) is 94.9 Å². The first-order valence-electron chi connectivity index (χ1n) is 13.4. The molecule has 0 radical (unpaired) electrons. The molecule has 230 valence electrons. The van der Waals surface area contributed by atoms with Crippen molar-refractivity contribution in [3.8, 4) is 5.75 Å². The van der Waals surface area contributed by atoms with E-state index in [2.05, 4.69) is 5.32 Å². The number of amides is 1. The summed E-state index contributed by atoms with van der Waals surface area (Å²) in [6, 6.07) is -1.49. The first-order valence-corrected chi connectivity index (χ1v) is 13.4. The largest absolute Gasteiger partial charge is 0.510 e. The van der Waals surface area contributed by atoms with Crippen LogP contribution in [0.15, 0.2) is 28.7 Å². The summed E-state index contributed by atoms with van der Waals surface area (Å²) in [6.07, 6.45) is -4.83. The fourth-order valence-electron chi connectivity index (χ4n) is 6.61. The lowest BCUT2D eigenvalue weighted by Gasteiger charge is -2.50. The molecule has 11 nitrogen and oxygen atoms in total. The van der Waals surface area contributed by atoms with Gasteiger partial charge in [-0.15, -0.1) is 0 Å². The topological polar surface area (TPSA) is 177 Å². The molecule has 1 aromatic carbocycles. The van der Waals surface area contributed by atoms with E-state index < -0.39 is 82.6 Å². The first kappa shape index (κ1) is 31.3. The van der Waals surface area contributed by atoms with E-state index in [1.807, 2.05) is 0 Å². The molecule has 0 spiro atoms. The second-order valence-corrected chi connectivity index (χ2v) is 11.5. The number of nitrogens with one attached hydrogen (secondary N) is 1. The Bertz CT molecular complexity index is 1420. The summed E-state index contributed by atoms with van der Waals surface area (Å²) in [6.45, 7) is 0.926. The molecule has 3 aliphatic carbocycles. The molecule has 42 heavy (non-hydrogen) atoms. The lowest BCUT2D eigenvalue weighted by atomic mass is 9.58. The van der Waals surface area contributed by atoms with Crippen molar-refractivity contribution in [3.63, 3.8) is 0 Å². The molecule has 0 aromatic heterocycles. The zero-order chi connectivity index (χ0) is 31.6. The number of hydrogen-bond acceptors (Lipinski definition) is 10. The predicted octanol–water partition coefficient (Wildman–Crippen LogP) is 1.62. The van der Waals surface area contributed by atoms with Crippen LogP contribution in [0.2, 0.25) is 0 Å². The third kappa shape index (κ3) is 4.61. The van der Waals surface area contributed by atoms with Crippen molar-refractivity contribution in [3.05, 3.63) is 45.4 Å². The smallest absolute Gasteiger partial charge is 0.403 e. The Hall–Kier alpha value is -3.62. The number of fused-ring (bicyclic) bond motifs is 3. The monoisotopic (exact) mass is 596 g/mol. The molecule has 0 heterocycles. The highest BCUT2D eigenvalue weighted by atomic mass is 19.4. The fraction of sp³-hybridized carbons (Fsp3) is 0.536. The van der Waals surface area contributed by atoms with Crippen molar-refractivity contribution < 1.29 is 48.0 Å². The maximum atomic E-state index is 14.0. The van der Waals surface area contributed by atoms with E-state index in [-0.39, 0.29) is 36.0 Å². The molecule has 7 N–H and O–H groups in total. The van der Waals surface area contributed by atoms with Gasteiger partial charge in [0.1, 0.15) is 28.9 Å². The van der Waals surface area contributed by atoms with Crippen LogP contribution in [0, 0.1) is 11.8 Å².